The van der Waals surface area contributed by atoms with E-state index in [1.165, 1.54) is 38.3 Å². The van der Waals surface area contributed by atoms with E-state index in [9.17, 15) is 27.6 Å². The molecule has 0 aliphatic carbocycles. The topological polar surface area (TPSA) is 87.7 Å². The number of benzene rings is 2. The van der Waals surface area contributed by atoms with E-state index in [-0.39, 0.29) is 11.3 Å². The molecule has 1 fully saturated rings. The van der Waals surface area contributed by atoms with E-state index >= 15 is 0 Å². The molecule has 1 aliphatic heterocycles. The number of nitrogens with zero attached hydrogens (tertiary/aromatic N) is 1. The van der Waals surface area contributed by atoms with Crippen molar-refractivity contribution in [3.05, 3.63) is 65.7 Å². The summed E-state index contributed by atoms with van der Waals surface area (Å²) in [6, 6.07) is 11.4. The van der Waals surface area contributed by atoms with Gasteiger partial charge in [-0.3, -0.25) is 19.8 Å². The number of alkyl halides is 3. The molecule has 158 valence electrons. The summed E-state index contributed by atoms with van der Waals surface area (Å²) in [6.45, 7) is 1.42. The molecule has 4 amide bonds. The molecule has 2 N–H and O–H groups in total. The lowest BCUT2D eigenvalue weighted by Crippen LogP contribution is -2.69. The van der Waals surface area contributed by atoms with Crippen LogP contribution in [0.5, 0.6) is 5.75 Å². The number of urea groups is 1. The molecule has 2 aromatic carbocycles. The largest absolute Gasteiger partial charge is 0.496 e. The van der Waals surface area contributed by atoms with Crippen LogP contribution in [-0.4, -0.2) is 41.7 Å². The summed E-state index contributed by atoms with van der Waals surface area (Å²) in [5, 5.41) is 3.31. The second kappa shape index (κ2) is 7.69. The highest BCUT2D eigenvalue weighted by Crippen LogP contribution is 2.37. The number of amides is 4. The summed E-state index contributed by atoms with van der Waals surface area (Å²) in [5.41, 5.74) is -3.37. The van der Waals surface area contributed by atoms with E-state index in [2.05, 4.69) is 0 Å². The van der Waals surface area contributed by atoms with Gasteiger partial charge >= 0.3 is 12.2 Å². The number of para-hydroxylation sites is 1. The molecule has 0 bridgehead atoms. The van der Waals surface area contributed by atoms with Crippen molar-refractivity contribution in [3.8, 4) is 5.75 Å². The summed E-state index contributed by atoms with van der Waals surface area (Å²) >= 11 is 0. The highest BCUT2D eigenvalue weighted by Gasteiger charge is 2.69. The van der Waals surface area contributed by atoms with E-state index in [0.717, 1.165) is 0 Å². The van der Waals surface area contributed by atoms with Gasteiger partial charge in [-0.2, -0.15) is 13.2 Å². The molecule has 7 nitrogen and oxygen atoms in total. The number of hydrogen-bond donors (Lipinski definition) is 2. The Morgan fingerprint density at radius 2 is 1.70 bits per heavy atom. The van der Waals surface area contributed by atoms with Gasteiger partial charge in [-0.1, -0.05) is 42.5 Å². The third kappa shape index (κ3) is 3.44. The molecule has 1 heterocycles. The van der Waals surface area contributed by atoms with Crippen LogP contribution in [-0.2, 0) is 4.79 Å². The zero-order valence-corrected chi connectivity index (χ0v) is 16.0. The fourth-order valence-electron chi connectivity index (χ4n) is 3.20. The molecular formula is C20H18F3N3O4. The average molecular weight is 421 g/mol. The number of carbonyl (C=O) groups excluding carboxylic acids is 3. The quantitative estimate of drug-likeness (QED) is 0.727. The van der Waals surface area contributed by atoms with Crippen molar-refractivity contribution < 1.29 is 32.3 Å². The summed E-state index contributed by atoms with van der Waals surface area (Å²) in [6.07, 6.45) is -5.30. The maximum absolute atomic E-state index is 14.0. The van der Waals surface area contributed by atoms with Crippen LogP contribution < -0.4 is 15.4 Å². The highest BCUT2D eigenvalue weighted by atomic mass is 19.4. The first-order chi connectivity index (χ1) is 14.1. The molecule has 10 heteroatoms. The summed E-state index contributed by atoms with van der Waals surface area (Å²) < 4.78 is 47.1. The summed E-state index contributed by atoms with van der Waals surface area (Å²) in [4.78, 5) is 38.4. The van der Waals surface area contributed by atoms with E-state index in [1.54, 1.807) is 41.0 Å². The number of halogens is 3. The molecule has 1 aliphatic rings. The molecule has 3 rings (SSSR count). The minimum absolute atomic E-state index is 0.0126. The van der Waals surface area contributed by atoms with Crippen molar-refractivity contribution in [1.29, 1.82) is 0 Å². The van der Waals surface area contributed by atoms with Crippen LogP contribution in [0.15, 0.2) is 54.6 Å². The lowest BCUT2D eigenvalue weighted by molar-refractivity contribution is -0.200. The Labute approximate surface area is 169 Å². The molecule has 0 radical (unpaired) electrons. The smallest absolute Gasteiger partial charge is 0.440 e. The minimum Gasteiger partial charge on any atom is -0.496 e. The number of ether oxygens (including phenoxy) is 1. The average Bonchev–Trinajstić information content (AvgIpc) is 2.98. The SMILES string of the molecule is COc1ccccc1C(=O)N[C@@]1(C(F)(F)F)NC(=O)N([C@H](C)c2ccccc2)C1=O. The first-order valence-electron chi connectivity index (χ1n) is 8.85. The Morgan fingerprint density at radius 3 is 2.30 bits per heavy atom. The second-order valence-electron chi connectivity index (χ2n) is 6.59. The molecule has 0 saturated carbocycles. The zero-order valence-electron chi connectivity index (χ0n) is 16.0. The first kappa shape index (κ1) is 21.2. The van der Waals surface area contributed by atoms with Crippen LogP contribution in [0.4, 0.5) is 18.0 Å². The van der Waals surface area contributed by atoms with Crippen LogP contribution in [0, 0.1) is 0 Å². The van der Waals surface area contributed by atoms with Crippen LogP contribution in [0.2, 0.25) is 0 Å². The summed E-state index contributed by atoms with van der Waals surface area (Å²) in [5.74, 6) is -2.84. The van der Waals surface area contributed by atoms with Crippen molar-refractivity contribution in [3.63, 3.8) is 0 Å². The van der Waals surface area contributed by atoms with Gasteiger partial charge < -0.3 is 10.1 Å². The van der Waals surface area contributed by atoms with E-state index < -0.39 is 35.7 Å². The molecule has 0 unspecified atom stereocenters. The van der Waals surface area contributed by atoms with Crippen molar-refractivity contribution >= 4 is 17.8 Å². The second-order valence-corrected chi connectivity index (χ2v) is 6.59. The molecule has 2 aromatic rings. The summed E-state index contributed by atoms with van der Waals surface area (Å²) in [7, 11) is 1.25. The standard InChI is InChI=1S/C20H18F3N3O4/c1-12(13-8-4-3-5-9-13)26-17(28)19(20(21,22)23,25-18(26)29)24-16(27)14-10-6-7-11-15(14)30-2/h3-12H,1-2H3,(H,24,27)(H,25,29)/t12-,19-/m1/s1. The predicted molar refractivity (Wildman–Crippen MR) is 99.5 cm³/mol. The maximum atomic E-state index is 14.0. The third-order valence-electron chi connectivity index (χ3n) is 4.80. The normalized spacial score (nSPS) is 20.0. The van der Waals surface area contributed by atoms with Crippen LogP contribution in [0.1, 0.15) is 28.9 Å². The first-order valence-corrected chi connectivity index (χ1v) is 8.85. The fourth-order valence-corrected chi connectivity index (χ4v) is 3.20. The van der Waals surface area contributed by atoms with Crippen LogP contribution in [0.25, 0.3) is 0 Å². The third-order valence-corrected chi connectivity index (χ3v) is 4.80. The molecule has 1 saturated heterocycles. The molecule has 30 heavy (non-hydrogen) atoms. The van der Waals surface area contributed by atoms with Gasteiger partial charge in [-0.15, -0.1) is 0 Å². The lowest BCUT2D eigenvalue weighted by atomic mass is 10.0. The van der Waals surface area contributed by atoms with Crippen molar-refractivity contribution in [2.45, 2.75) is 24.8 Å². The van der Waals surface area contributed by atoms with Gasteiger partial charge in [0.05, 0.1) is 18.7 Å². The predicted octanol–water partition coefficient (Wildman–Crippen LogP) is 3.00. The van der Waals surface area contributed by atoms with Crippen LogP contribution in [0.3, 0.4) is 0 Å². The molecule has 2 atom stereocenters. The van der Waals surface area contributed by atoms with Crippen molar-refractivity contribution in [2.24, 2.45) is 0 Å². The van der Waals surface area contributed by atoms with Crippen LogP contribution >= 0.6 is 0 Å². The van der Waals surface area contributed by atoms with Gasteiger partial charge in [-0.25, -0.2) is 4.79 Å². The Kier molecular flexibility index (Phi) is 5.43. The van der Waals surface area contributed by atoms with E-state index in [1.807, 2.05) is 0 Å². The molecule has 0 aromatic heterocycles. The number of nitrogens with one attached hydrogen (secondary N) is 2. The number of rotatable bonds is 5. The van der Waals surface area contributed by atoms with Gasteiger partial charge in [0.25, 0.3) is 17.5 Å². The number of carbonyl (C=O) groups is 3. The monoisotopic (exact) mass is 421 g/mol. The van der Waals surface area contributed by atoms with Gasteiger partial charge in [0, 0.05) is 0 Å². The number of imide groups is 1. The van der Waals surface area contributed by atoms with Gasteiger partial charge in [0.15, 0.2) is 0 Å². The number of methoxy groups -OCH3 is 1. The number of hydrogen-bond acceptors (Lipinski definition) is 4. The fraction of sp³-hybridized carbons (Fsp3) is 0.250. The minimum atomic E-state index is -5.30. The Balaban J connectivity index is 1.99. The highest BCUT2D eigenvalue weighted by molar-refractivity contribution is 6.11. The molecular weight excluding hydrogens is 403 g/mol. The van der Waals surface area contributed by atoms with Crippen molar-refractivity contribution in [2.75, 3.05) is 7.11 Å². The Bertz CT molecular complexity index is 981. The zero-order chi connectivity index (χ0) is 22.1. The maximum Gasteiger partial charge on any atom is 0.440 e. The van der Waals surface area contributed by atoms with Gasteiger partial charge in [-0.05, 0) is 24.6 Å². The lowest BCUT2D eigenvalue weighted by Gasteiger charge is -2.30. The van der Waals surface area contributed by atoms with Crippen molar-refractivity contribution in [1.82, 2.24) is 15.5 Å². The Morgan fingerprint density at radius 1 is 1.10 bits per heavy atom. The van der Waals surface area contributed by atoms with E-state index in [4.69, 9.17) is 4.74 Å². The van der Waals surface area contributed by atoms with Gasteiger partial charge in [0.1, 0.15) is 5.75 Å². The van der Waals surface area contributed by atoms with Gasteiger partial charge in [0.2, 0.25) is 0 Å². The van der Waals surface area contributed by atoms with E-state index in [0.29, 0.717) is 10.5 Å². The Hall–Kier alpha value is -3.56. The molecule has 0 spiro atoms.